The molecule has 0 saturated carbocycles. The molecule has 0 aliphatic carbocycles. The maximum Gasteiger partial charge on any atom is 0.180 e. The molecule has 2 aromatic rings. The van der Waals surface area contributed by atoms with E-state index in [1.165, 1.54) is 18.4 Å². The molecule has 0 fully saturated rings. The van der Waals surface area contributed by atoms with Gasteiger partial charge in [-0.15, -0.1) is 11.3 Å². The topological polar surface area (TPSA) is 57.4 Å². The average Bonchev–Trinajstić information content (AvgIpc) is 2.75. The summed E-state index contributed by atoms with van der Waals surface area (Å²) in [5.74, 6) is 1.06. The van der Waals surface area contributed by atoms with E-state index >= 15 is 0 Å². The van der Waals surface area contributed by atoms with Crippen LogP contribution in [0, 0.1) is 0 Å². The lowest BCUT2D eigenvalue weighted by atomic mass is 10.1. The number of rotatable bonds is 3. The third kappa shape index (κ3) is 2.03. The number of ether oxygens (including phenoxy) is 2. The van der Waals surface area contributed by atoms with Gasteiger partial charge in [-0.3, -0.25) is 0 Å². The van der Waals surface area contributed by atoms with E-state index in [-0.39, 0.29) is 0 Å². The smallest absolute Gasteiger partial charge is 0.180 e. The minimum Gasteiger partial charge on any atom is -0.493 e. The molecule has 2 N–H and O–H groups in total. The zero-order valence-corrected chi connectivity index (χ0v) is 10.9. The Morgan fingerprint density at radius 1 is 1.29 bits per heavy atom. The summed E-state index contributed by atoms with van der Waals surface area (Å²) in [4.78, 5) is 4.19. The predicted octanol–water partition coefficient (Wildman–Crippen LogP) is 3.06. The molecular weight excluding hydrogens is 260 g/mol. The average molecular weight is 271 g/mol. The lowest BCUT2D eigenvalue weighted by molar-refractivity contribution is 0.355. The van der Waals surface area contributed by atoms with Crippen molar-refractivity contribution in [2.24, 2.45) is 0 Å². The van der Waals surface area contributed by atoms with E-state index in [1.54, 1.807) is 18.7 Å². The summed E-state index contributed by atoms with van der Waals surface area (Å²) in [6.45, 7) is 0. The van der Waals surface area contributed by atoms with Gasteiger partial charge in [0.05, 0.1) is 24.8 Å². The molecule has 2 rings (SSSR count). The molecule has 1 heterocycles. The molecule has 6 heteroatoms. The molecule has 1 aromatic carbocycles. The number of methoxy groups -OCH3 is 2. The van der Waals surface area contributed by atoms with Crippen LogP contribution in [0.3, 0.4) is 0 Å². The highest BCUT2D eigenvalue weighted by molar-refractivity contribution is 7.14. The Hall–Kier alpha value is -1.46. The van der Waals surface area contributed by atoms with Gasteiger partial charge in [-0.25, -0.2) is 4.98 Å². The maximum atomic E-state index is 6.26. The fourth-order valence-electron chi connectivity index (χ4n) is 1.53. The third-order valence-electron chi connectivity index (χ3n) is 2.34. The number of hydrogen-bond acceptors (Lipinski definition) is 5. The number of halogens is 1. The molecule has 0 aliphatic heterocycles. The molecule has 4 nitrogen and oxygen atoms in total. The van der Waals surface area contributed by atoms with Crippen LogP contribution >= 0.6 is 22.9 Å². The molecule has 0 bridgehead atoms. The highest BCUT2D eigenvalue weighted by Gasteiger charge is 2.17. The van der Waals surface area contributed by atoms with Crippen LogP contribution in [0.15, 0.2) is 17.6 Å². The van der Waals surface area contributed by atoms with Crippen LogP contribution in [-0.2, 0) is 0 Å². The first kappa shape index (κ1) is 12.0. The fourth-order valence-corrected chi connectivity index (χ4v) is 2.40. The molecule has 0 radical (unpaired) electrons. The van der Waals surface area contributed by atoms with Crippen LogP contribution in [-0.4, -0.2) is 19.2 Å². The normalized spacial score (nSPS) is 10.3. The van der Waals surface area contributed by atoms with E-state index in [9.17, 15) is 0 Å². The number of anilines is 1. The van der Waals surface area contributed by atoms with E-state index in [2.05, 4.69) is 4.98 Å². The van der Waals surface area contributed by atoms with Crippen LogP contribution in [0.5, 0.6) is 11.5 Å². The number of benzene rings is 1. The summed E-state index contributed by atoms with van der Waals surface area (Å²) in [6, 6.07) is 3.59. The van der Waals surface area contributed by atoms with Crippen molar-refractivity contribution in [3.63, 3.8) is 0 Å². The number of nitrogens with two attached hydrogens (primary N) is 1. The SMILES string of the molecule is COc1ccc(-c2ncsc2N)c(Cl)c1OC. The molecule has 17 heavy (non-hydrogen) atoms. The number of hydrogen-bond donors (Lipinski definition) is 1. The monoisotopic (exact) mass is 270 g/mol. The van der Waals surface area contributed by atoms with Gasteiger partial charge in [0.1, 0.15) is 10.7 Å². The molecule has 90 valence electrons. The van der Waals surface area contributed by atoms with Crippen LogP contribution < -0.4 is 15.2 Å². The van der Waals surface area contributed by atoms with Crippen molar-refractivity contribution in [2.45, 2.75) is 0 Å². The first-order chi connectivity index (χ1) is 8.19. The van der Waals surface area contributed by atoms with E-state index < -0.39 is 0 Å². The van der Waals surface area contributed by atoms with E-state index in [4.69, 9.17) is 26.8 Å². The van der Waals surface area contributed by atoms with Gasteiger partial charge in [0.2, 0.25) is 0 Å². The molecule has 0 aliphatic rings. The van der Waals surface area contributed by atoms with Crippen LogP contribution in [0.2, 0.25) is 5.02 Å². The quantitative estimate of drug-likeness (QED) is 0.931. The molecule has 0 saturated heterocycles. The Morgan fingerprint density at radius 3 is 2.59 bits per heavy atom. The standard InChI is InChI=1S/C11H11ClN2O2S/c1-15-7-4-3-6(8(12)10(7)16-2)9-11(13)17-5-14-9/h3-5H,13H2,1-2H3. The Labute approximate surface area is 108 Å². The van der Waals surface area contributed by atoms with Crippen LogP contribution in [0.1, 0.15) is 0 Å². The van der Waals surface area contributed by atoms with Gasteiger partial charge in [0.25, 0.3) is 0 Å². The van der Waals surface area contributed by atoms with Gasteiger partial charge in [-0.05, 0) is 12.1 Å². The summed E-state index contributed by atoms with van der Waals surface area (Å²) in [5.41, 5.74) is 8.91. The van der Waals surface area contributed by atoms with E-state index in [0.717, 1.165) is 5.56 Å². The van der Waals surface area contributed by atoms with Crippen molar-refractivity contribution < 1.29 is 9.47 Å². The van der Waals surface area contributed by atoms with Crippen molar-refractivity contribution in [1.82, 2.24) is 4.98 Å². The maximum absolute atomic E-state index is 6.26. The molecular formula is C11H11ClN2O2S. The molecule has 0 amide bonds. The van der Waals surface area contributed by atoms with Gasteiger partial charge in [0.15, 0.2) is 11.5 Å². The molecule has 1 aromatic heterocycles. The second-order valence-corrected chi connectivity index (χ2v) is 4.49. The second-order valence-electron chi connectivity index (χ2n) is 3.23. The van der Waals surface area contributed by atoms with Crippen LogP contribution in [0.25, 0.3) is 11.3 Å². The number of nitrogens with zero attached hydrogens (tertiary/aromatic N) is 1. The lowest BCUT2D eigenvalue weighted by Crippen LogP contribution is -1.94. The minimum atomic E-state index is 0.449. The summed E-state index contributed by atoms with van der Waals surface area (Å²) < 4.78 is 10.4. The fraction of sp³-hybridized carbons (Fsp3) is 0.182. The van der Waals surface area contributed by atoms with Gasteiger partial charge in [0, 0.05) is 5.56 Å². The third-order valence-corrected chi connectivity index (χ3v) is 3.37. The zero-order chi connectivity index (χ0) is 12.4. The Bertz CT molecular complexity index is 542. The van der Waals surface area contributed by atoms with Gasteiger partial charge < -0.3 is 15.2 Å². The van der Waals surface area contributed by atoms with Crippen molar-refractivity contribution >= 4 is 27.9 Å². The van der Waals surface area contributed by atoms with Gasteiger partial charge in [-0.2, -0.15) is 0 Å². The summed E-state index contributed by atoms with van der Waals surface area (Å²) in [5, 5.41) is 1.07. The highest BCUT2D eigenvalue weighted by Crippen LogP contribution is 2.43. The summed E-state index contributed by atoms with van der Waals surface area (Å²) in [7, 11) is 3.10. The summed E-state index contributed by atoms with van der Waals surface area (Å²) in [6.07, 6.45) is 0. The summed E-state index contributed by atoms with van der Waals surface area (Å²) >= 11 is 7.63. The molecule has 0 atom stereocenters. The molecule has 0 unspecified atom stereocenters. The lowest BCUT2D eigenvalue weighted by Gasteiger charge is -2.11. The number of nitrogen functional groups attached to an aromatic ring is 1. The van der Waals surface area contributed by atoms with Crippen molar-refractivity contribution in [1.29, 1.82) is 0 Å². The first-order valence-corrected chi connectivity index (χ1v) is 6.04. The van der Waals surface area contributed by atoms with Gasteiger partial charge >= 0.3 is 0 Å². The van der Waals surface area contributed by atoms with Gasteiger partial charge in [-0.1, -0.05) is 11.6 Å². The van der Waals surface area contributed by atoms with Crippen molar-refractivity contribution in [3.8, 4) is 22.8 Å². The van der Waals surface area contributed by atoms with Crippen LogP contribution in [0.4, 0.5) is 5.00 Å². The molecule has 0 spiro atoms. The predicted molar refractivity (Wildman–Crippen MR) is 70.1 cm³/mol. The Kier molecular flexibility index (Phi) is 3.40. The Balaban J connectivity index is 2.61. The van der Waals surface area contributed by atoms with Crippen molar-refractivity contribution in [2.75, 3.05) is 20.0 Å². The van der Waals surface area contributed by atoms with E-state index in [1.807, 2.05) is 6.07 Å². The zero-order valence-electron chi connectivity index (χ0n) is 9.36. The largest absolute Gasteiger partial charge is 0.493 e. The van der Waals surface area contributed by atoms with E-state index in [0.29, 0.717) is 27.2 Å². The minimum absolute atomic E-state index is 0.449. The number of thiazole rings is 1. The highest BCUT2D eigenvalue weighted by atomic mass is 35.5. The Morgan fingerprint density at radius 2 is 2.06 bits per heavy atom. The van der Waals surface area contributed by atoms with Crippen molar-refractivity contribution in [3.05, 3.63) is 22.7 Å². The first-order valence-electron chi connectivity index (χ1n) is 4.78. The second kappa shape index (κ2) is 4.81. The number of aromatic nitrogens is 1.